The SMILES string of the molecule is CC(=O)OC1=CCC2C(CCC3(C)C(C(C)CCCC(C)C)CCC23)C1C. The first kappa shape index (κ1) is 20.9. The van der Waals surface area contributed by atoms with Crippen LogP contribution in [0.25, 0.3) is 0 Å². The normalized spacial score (nSPS) is 39.5. The van der Waals surface area contributed by atoms with E-state index < -0.39 is 0 Å². The molecule has 3 aliphatic rings. The first-order valence-electron chi connectivity index (χ1n) is 11.6. The lowest BCUT2D eigenvalue weighted by molar-refractivity contribution is -0.139. The first-order valence-corrected chi connectivity index (χ1v) is 11.6. The minimum Gasteiger partial charge on any atom is -0.431 e. The molecule has 27 heavy (non-hydrogen) atoms. The third-order valence-corrected chi connectivity index (χ3v) is 8.64. The van der Waals surface area contributed by atoms with Gasteiger partial charge in [-0.25, -0.2) is 0 Å². The monoisotopic (exact) mass is 374 g/mol. The van der Waals surface area contributed by atoms with E-state index in [1.54, 1.807) is 0 Å². The highest BCUT2D eigenvalue weighted by Gasteiger charge is 2.56. The Morgan fingerprint density at radius 3 is 2.59 bits per heavy atom. The number of carbonyl (C=O) groups is 1. The van der Waals surface area contributed by atoms with Crippen LogP contribution in [0.4, 0.5) is 0 Å². The van der Waals surface area contributed by atoms with Gasteiger partial charge in [0.2, 0.25) is 0 Å². The number of ether oxygens (including phenoxy) is 1. The summed E-state index contributed by atoms with van der Waals surface area (Å²) in [4.78, 5) is 11.4. The Labute approximate surface area is 167 Å². The Bertz CT molecular complexity index is 563. The number of hydrogen-bond acceptors (Lipinski definition) is 2. The molecular weight excluding hydrogens is 332 g/mol. The summed E-state index contributed by atoms with van der Waals surface area (Å²) in [6.07, 6.45) is 13.1. The second-order valence-electron chi connectivity index (χ2n) is 10.7. The van der Waals surface area contributed by atoms with E-state index >= 15 is 0 Å². The molecule has 7 unspecified atom stereocenters. The molecule has 7 atom stereocenters. The van der Waals surface area contributed by atoms with Crippen molar-refractivity contribution in [3.63, 3.8) is 0 Å². The standard InChI is InChI=1S/C25H42O2/c1-16(2)8-7-9-17(3)22-11-12-23-21-10-13-24(27-19(5)26)18(4)20(21)14-15-25(22,23)6/h13,16-18,20-23H,7-12,14-15H2,1-6H3. The maximum Gasteiger partial charge on any atom is 0.307 e. The molecule has 0 radical (unpaired) electrons. The van der Waals surface area contributed by atoms with Gasteiger partial charge in [-0.2, -0.15) is 0 Å². The Morgan fingerprint density at radius 1 is 1.19 bits per heavy atom. The predicted octanol–water partition coefficient (Wildman–Crippen LogP) is 6.99. The van der Waals surface area contributed by atoms with Crippen LogP contribution in [-0.2, 0) is 9.53 Å². The molecule has 0 heterocycles. The van der Waals surface area contributed by atoms with Gasteiger partial charge in [0, 0.05) is 12.8 Å². The highest BCUT2D eigenvalue weighted by Crippen LogP contribution is 2.63. The van der Waals surface area contributed by atoms with Crippen LogP contribution in [0.1, 0.15) is 92.9 Å². The Hall–Kier alpha value is -0.790. The molecule has 0 N–H and O–H groups in total. The zero-order valence-electron chi connectivity index (χ0n) is 18.6. The van der Waals surface area contributed by atoms with E-state index in [2.05, 4.69) is 40.7 Å². The highest BCUT2D eigenvalue weighted by molar-refractivity contribution is 5.67. The lowest BCUT2D eigenvalue weighted by atomic mass is 9.53. The summed E-state index contributed by atoms with van der Waals surface area (Å²) in [7, 11) is 0. The Kier molecular flexibility index (Phi) is 6.43. The van der Waals surface area contributed by atoms with Crippen LogP contribution < -0.4 is 0 Å². The number of rotatable bonds is 6. The second kappa shape index (κ2) is 8.29. The van der Waals surface area contributed by atoms with Gasteiger partial charge in [0.05, 0.1) is 0 Å². The van der Waals surface area contributed by atoms with Crippen LogP contribution in [-0.4, -0.2) is 5.97 Å². The average Bonchev–Trinajstić information content (AvgIpc) is 2.94. The average molecular weight is 375 g/mol. The summed E-state index contributed by atoms with van der Waals surface area (Å²) < 4.78 is 5.53. The van der Waals surface area contributed by atoms with Crippen LogP contribution in [0.2, 0.25) is 0 Å². The number of carbonyl (C=O) groups excluding carboxylic acids is 1. The molecule has 154 valence electrons. The third-order valence-electron chi connectivity index (χ3n) is 8.64. The topological polar surface area (TPSA) is 26.3 Å². The van der Waals surface area contributed by atoms with Crippen molar-refractivity contribution in [1.29, 1.82) is 0 Å². The van der Waals surface area contributed by atoms with E-state index in [1.165, 1.54) is 51.9 Å². The van der Waals surface area contributed by atoms with Crippen molar-refractivity contribution in [2.45, 2.75) is 92.9 Å². The van der Waals surface area contributed by atoms with Crippen LogP contribution >= 0.6 is 0 Å². The van der Waals surface area contributed by atoms with Crippen molar-refractivity contribution in [2.75, 3.05) is 0 Å². The fourth-order valence-corrected chi connectivity index (χ4v) is 7.25. The van der Waals surface area contributed by atoms with Crippen LogP contribution in [0.3, 0.4) is 0 Å². The van der Waals surface area contributed by atoms with Crippen molar-refractivity contribution in [3.05, 3.63) is 11.8 Å². The lowest BCUT2D eigenvalue weighted by Gasteiger charge is -2.52. The van der Waals surface area contributed by atoms with Crippen LogP contribution in [0, 0.1) is 46.8 Å². The van der Waals surface area contributed by atoms with Crippen molar-refractivity contribution >= 4 is 5.97 Å². The predicted molar refractivity (Wildman–Crippen MR) is 112 cm³/mol. The minimum absolute atomic E-state index is 0.164. The van der Waals surface area contributed by atoms with E-state index in [-0.39, 0.29) is 5.97 Å². The van der Waals surface area contributed by atoms with Gasteiger partial charge in [0.15, 0.2) is 0 Å². The summed E-state index contributed by atoms with van der Waals surface area (Å²) in [6, 6.07) is 0. The molecular formula is C25H42O2. The van der Waals surface area contributed by atoms with Crippen molar-refractivity contribution < 1.29 is 9.53 Å². The maximum atomic E-state index is 11.4. The van der Waals surface area contributed by atoms with Gasteiger partial charge < -0.3 is 4.74 Å². The molecule has 0 aromatic carbocycles. The summed E-state index contributed by atoms with van der Waals surface area (Å²) in [5.41, 5.74) is 0.533. The minimum atomic E-state index is -0.164. The molecule has 3 rings (SSSR count). The molecule has 0 amide bonds. The van der Waals surface area contributed by atoms with Gasteiger partial charge in [0.25, 0.3) is 0 Å². The molecule has 0 spiro atoms. The summed E-state index contributed by atoms with van der Waals surface area (Å²) >= 11 is 0. The number of hydrogen-bond donors (Lipinski definition) is 0. The van der Waals surface area contributed by atoms with E-state index in [0.717, 1.165) is 41.8 Å². The quantitative estimate of drug-likeness (QED) is 0.468. The molecule has 0 aromatic heterocycles. The fraction of sp³-hybridized carbons (Fsp3) is 0.880. The molecule has 0 saturated heterocycles. The molecule has 2 heteroatoms. The van der Waals surface area contributed by atoms with Crippen molar-refractivity contribution in [3.8, 4) is 0 Å². The Balaban J connectivity index is 1.69. The smallest absolute Gasteiger partial charge is 0.307 e. The first-order chi connectivity index (χ1) is 12.7. The van der Waals surface area contributed by atoms with Gasteiger partial charge in [-0.1, -0.05) is 53.9 Å². The third kappa shape index (κ3) is 4.15. The number of allylic oxidation sites excluding steroid dienone is 2. The fourth-order valence-electron chi connectivity index (χ4n) is 7.25. The van der Waals surface area contributed by atoms with E-state index in [9.17, 15) is 4.79 Å². The summed E-state index contributed by atoms with van der Waals surface area (Å²) in [5, 5.41) is 0. The molecule has 3 aliphatic carbocycles. The largest absolute Gasteiger partial charge is 0.431 e. The molecule has 0 bridgehead atoms. The molecule has 2 saturated carbocycles. The zero-order chi connectivity index (χ0) is 19.8. The van der Waals surface area contributed by atoms with Gasteiger partial charge in [-0.15, -0.1) is 0 Å². The van der Waals surface area contributed by atoms with Gasteiger partial charge in [-0.3, -0.25) is 4.79 Å². The van der Waals surface area contributed by atoms with Crippen molar-refractivity contribution in [2.24, 2.45) is 46.8 Å². The number of esters is 1. The van der Waals surface area contributed by atoms with Gasteiger partial charge in [0.1, 0.15) is 5.76 Å². The van der Waals surface area contributed by atoms with Crippen LogP contribution in [0.5, 0.6) is 0 Å². The second-order valence-corrected chi connectivity index (χ2v) is 10.7. The van der Waals surface area contributed by atoms with Crippen molar-refractivity contribution in [1.82, 2.24) is 0 Å². The molecule has 2 fully saturated rings. The summed E-state index contributed by atoms with van der Waals surface area (Å²) in [5.74, 6) is 6.16. The molecule has 0 aliphatic heterocycles. The van der Waals surface area contributed by atoms with E-state index in [4.69, 9.17) is 4.74 Å². The summed E-state index contributed by atoms with van der Waals surface area (Å²) in [6.45, 7) is 13.7. The zero-order valence-corrected chi connectivity index (χ0v) is 18.6. The van der Waals surface area contributed by atoms with E-state index in [1.807, 2.05) is 0 Å². The number of fused-ring (bicyclic) bond motifs is 3. The highest BCUT2D eigenvalue weighted by atomic mass is 16.5. The Morgan fingerprint density at radius 2 is 1.93 bits per heavy atom. The van der Waals surface area contributed by atoms with E-state index in [0.29, 0.717) is 17.3 Å². The lowest BCUT2D eigenvalue weighted by Crippen LogP contribution is -2.45. The van der Waals surface area contributed by atoms with Gasteiger partial charge in [-0.05, 0) is 79.1 Å². The van der Waals surface area contributed by atoms with Gasteiger partial charge >= 0.3 is 5.97 Å². The van der Waals surface area contributed by atoms with Crippen LogP contribution in [0.15, 0.2) is 11.8 Å². The maximum absolute atomic E-state index is 11.4. The molecule has 0 aromatic rings. The molecule has 2 nitrogen and oxygen atoms in total.